The van der Waals surface area contributed by atoms with E-state index >= 15 is 0 Å². The van der Waals surface area contributed by atoms with Crippen LogP contribution in [0.5, 0.6) is 0 Å². The molecule has 186 valence electrons. The first kappa shape index (κ1) is 24.9. The number of aldehydes is 1. The van der Waals surface area contributed by atoms with Gasteiger partial charge in [-0.25, -0.2) is 13.7 Å². The lowest BCUT2D eigenvalue weighted by Gasteiger charge is -2.31. The van der Waals surface area contributed by atoms with Crippen molar-refractivity contribution in [3.05, 3.63) is 48.2 Å². The predicted octanol–water partition coefficient (Wildman–Crippen LogP) is 3.79. The van der Waals surface area contributed by atoms with Gasteiger partial charge >= 0.3 is 12.2 Å². The molecule has 3 unspecified atom stereocenters. The first-order chi connectivity index (χ1) is 16.7. The second-order valence-corrected chi connectivity index (χ2v) is 9.58. The molecule has 35 heavy (non-hydrogen) atoms. The Labute approximate surface area is 201 Å². The highest BCUT2D eigenvalue weighted by Crippen LogP contribution is 2.39. The number of aromatic nitrogens is 1. The van der Waals surface area contributed by atoms with Gasteiger partial charge < -0.3 is 19.8 Å². The Kier molecular flexibility index (Phi) is 6.95. The van der Waals surface area contributed by atoms with E-state index in [0.29, 0.717) is 36.5 Å². The summed E-state index contributed by atoms with van der Waals surface area (Å²) in [6, 6.07) is 8.53. The number of carbonyl (C=O) groups is 2. The lowest BCUT2D eigenvalue weighted by atomic mass is 9.88. The third-order valence-corrected chi connectivity index (χ3v) is 7.24. The van der Waals surface area contributed by atoms with E-state index in [4.69, 9.17) is 4.42 Å². The fourth-order valence-electron chi connectivity index (χ4n) is 4.33. The number of hydrogen-bond acceptors (Lipinski definition) is 5. The maximum absolute atomic E-state index is 13.9. The Morgan fingerprint density at radius 1 is 1.31 bits per heavy atom. The van der Waals surface area contributed by atoms with E-state index in [9.17, 15) is 27.0 Å². The minimum atomic E-state index is -4.77. The number of amides is 2. The molecule has 3 N–H and O–H groups in total. The molecular weight excluding hydrogens is 485 g/mol. The summed E-state index contributed by atoms with van der Waals surface area (Å²) in [6.45, 7) is 0.0437. The molecule has 8 nitrogen and oxygen atoms in total. The monoisotopic (exact) mass is 508 g/mol. The highest BCUT2D eigenvalue weighted by Gasteiger charge is 2.44. The highest BCUT2D eigenvalue weighted by atomic mass is 32.2. The van der Waals surface area contributed by atoms with Gasteiger partial charge in [0.05, 0.1) is 10.5 Å². The first-order valence-electron chi connectivity index (χ1n) is 10.8. The number of urea groups is 1. The van der Waals surface area contributed by atoms with Crippen molar-refractivity contribution in [2.75, 3.05) is 13.6 Å². The van der Waals surface area contributed by atoms with Crippen LogP contribution in [0.3, 0.4) is 0 Å². The molecule has 0 bridgehead atoms. The standard InChI is InChI=1S/C23H23F3N4O4S/c1-27-21(32)30-22(13-31)8-4-6-15(22)11-29-35(33)16-10-17(23(24,25)26)20(28-12-16)19-9-14-5-2-3-7-18(14)34-19/h2-3,5,7,9-10,12-13,15,29H,4,6,8,11H2,1H3,(H2,27,30,32). The Morgan fingerprint density at radius 3 is 2.77 bits per heavy atom. The number of alkyl halides is 3. The van der Waals surface area contributed by atoms with Gasteiger partial charge in [-0.15, -0.1) is 0 Å². The van der Waals surface area contributed by atoms with Crippen LogP contribution >= 0.6 is 0 Å². The van der Waals surface area contributed by atoms with Crippen molar-refractivity contribution in [3.8, 4) is 11.5 Å². The summed E-state index contributed by atoms with van der Waals surface area (Å²) >= 11 is 0. The van der Waals surface area contributed by atoms with E-state index in [0.717, 1.165) is 12.3 Å². The molecule has 2 aromatic heterocycles. The summed E-state index contributed by atoms with van der Waals surface area (Å²) in [6.07, 6.45) is -1.36. The molecule has 0 aliphatic heterocycles. The number of rotatable bonds is 7. The molecule has 0 radical (unpaired) electrons. The van der Waals surface area contributed by atoms with Gasteiger partial charge in [0.2, 0.25) is 0 Å². The minimum Gasteiger partial charge on any atom is -0.454 e. The zero-order valence-electron chi connectivity index (χ0n) is 18.6. The Morgan fingerprint density at radius 2 is 2.09 bits per heavy atom. The third-order valence-electron chi connectivity index (χ3n) is 6.16. The van der Waals surface area contributed by atoms with E-state index in [1.54, 1.807) is 24.3 Å². The molecule has 12 heteroatoms. The highest BCUT2D eigenvalue weighted by molar-refractivity contribution is 7.83. The molecule has 0 saturated heterocycles. The first-order valence-corrected chi connectivity index (χ1v) is 12.0. The molecular formula is C23H23F3N4O4S. The van der Waals surface area contributed by atoms with Crippen molar-refractivity contribution < 1.29 is 31.4 Å². The number of nitrogens with zero attached hydrogens (tertiary/aromatic N) is 1. The van der Waals surface area contributed by atoms with Crippen molar-refractivity contribution >= 4 is 34.3 Å². The van der Waals surface area contributed by atoms with E-state index in [-0.39, 0.29) is 23.1 Å². The maximum Gasteiger partial charge on any atom is 0.418 e. The molecule has 1 aliphatic rings. The number of benzene rings is 1. The predicted molar refractivity (Wildman–Crippen MR) is 123 cm³/mol. The van der Waals surface area contributed by atoms with Gasteiger partial charge in [0.15, 0.2) is 5.76 Å². The SMILES string of the molecule is CNC(=O)NC1(C=O)CCCC1CNS(=O)c1cnc(-c2cc3ccccc3o2)c(C(F)(F)F)c1. The molecule has 1 fully saturated rings. The lowest BCUT2D eigenvalue weighted by molar-refractivity contribution is -0.137. The number of furan rings is 1. The van der Waals surface area contributed by atoms with Crippen molar-refractivity contribution in [1.82, 2.24) is 20.3 Å². The van der Waals surface area contributed by atoms with Gasteiger partial charge in [-0.2, -0.15) is 13.2 Å². The van der Waals surface area contributed by atoms with Crippen molar-refractivity contribution in [2.24, 2.45) is 5.92 Å². The van der Waals surface area contributed by atoms with Crippen LogP contribution in [-0.4, -0.2) is 40.6 Å². The van der Waals surface area contributed by atoms with Crippen molar-refractivity contribution in [1.29, 1.82) is 0 Å². The number of fused-ring (bicyclic) bond motifs is 1. The molecule has 3 atom stereocenters. The molecule has 1 aliphatic carbocycles. The maximum atomic E-state index is 13.9. The van der Waals surface area contributed by atoms with Crippen LogP contribution in [0.2, 0.25) is 0 Å². The van der Waals surface area contributed by atoms with Crippen LogP contribution in [0.1, 0.15) is 24.8 Å². The molecule has 1 aromatic carbocycles. The summed E-state index contributed by atoms with van der Waals surface area (Å²) in [4.78, 5) is 27.4. The zero-order chi connectivity index (χ0) is 25.2. The molecule has 3 aromatic rings. The van der Waals surface area contributed by atoms with Crippen LogP contribution in [-0.2, 0) is 22.0 Å². The van der Waals surface area contributed by atoms with Gasteiger partial charge in [-0.3, -0.25) is 4.98 Å². The van der Waals surface area contributed by atoms with Crippen LogP contribution in [0.15, 0.2) is 51.9 Å². The summed E-state index contributed by atoms with van der Waals surface area (Å²) in [7, 11) is -0.619. The third kappa shape index (κ3) is 5.08. The number of halogens is 3. The summed E-state index contributed by atoms with van der Waals surface area (Å²) < 4.78 is 62.7. The van der Waals surface area contributed by atoms with Crippen LogP contribution in [0.4, 0.5) is 18.0 Å². The van der Waals surface area contributed by atoms with Gasteiger partial charge in [0.1, 0.15) is 34.1 Å². The Balaban J connectivity index is 1.56. The lowest BCUT2D eigenvalue weighted by Crippen LogP contribution is -2.56. The smallest absolute Gasteiger partial charge is 0.418 e. The Bertz CT molecular complexity index is 1250. The van der Waals surface area contributed by atoms with E-state index in [1.807, 2.05) is 0 Å². The second kappa shape index (κ2) is 9.78. The number of nitrogens with one attached hydrogen (secondary N) is 3. The van der Waals surface area contributed by atoms with Crippen molar-refractivity contribution in [3.63, 3.8) is 0 Å². The molecule has 0 spiro atoms. The molecule has 2 heterocycles. The number of para-hydroxylation sites is 1. The number of carbonyl (C=O) groups excluding carboxylic acids is 2. The van der Waals surface area contributed by atoms with Gasteiger partial charge in [0.25, 0.3) is 0 Å². The quantitative estimate of drug-likeness (QED) is 0.421. The average molecular weight is 509 g/mol. The molecule has 1 saturated carbocycles. The summed E-state index contributed by atoms with van der Waals surface area (Å²) in [5.41, 5.74) is -2.20. The Hall–Kier alpha value is -3.25. The van der Waals surface area contributed by atoms with Gasteiger partial charge in [-0.05, 0) is 31.0 Å². The van der Waals surface area contributed by atoms with E-state index in [1.165, 1.54) is 13.1 Å². The van der Waals surface area contributed by atoms with Crippen LogP contribution in [0.25, 0.3) is 22.4 Å². The molecule has 2 amide bonds. The summed E-state index contributed by atoms with van der Waals surface area (Å²) in [5.74, 6) is -0.433. The number of hydrogen-bond donors (Lipinski definition) is 3. The second-order valence-electron chi connectivity index (χ2n) is 8.28. The van der Waals surface area contributed by atoms with Gasteiger partial charge in [0, 0.05) is 31.1 Å². The topological polar surface area (TPSA) is 113 Å². The fraction of sp³-hybridized carbons (Fsp3) is 0.348. The average Bonchev–Trinajstić information content (AvgIpc) is 3.45. The normalized spacial score (nSPS) is 21.1. The van der Waals surface area contributed by atoms with E-state index in [2.05, 4.69) is 20.3 Å². The number of pyridine rings is 1. The van der Waals surface area contributed by atoms with Crippen LogP contribution < -0.4 is 15.4 Å². The van der Waals surface area contributed by atoms with Crippen LogP contribution in [0, 0.1) is 5.92 Å². The fourth-order valence-corrected chi connectivity index (χ4v) is 5.22. The van der Waals surface area contributed by atoms with E-state index < -0.39 is 40.0 Å². The van der Waals surface area contributed by atoms with Crippen molar-refractivity contribution in [2.45, 2.75) is 35.9 Å². The largest absolute Gasteiger partial charge is 0.454 e. The summed E-state index contributed by atoms with van der Waals surface area (Å²) in [5, 5.41) is 5.67. The molecule has 4 rings (SSSR count). The minimum absolute atomic E-state index is 0.0437. The zero-order valence-corrected chi connectivity index (χ0v) is 19.5. The van der Waals surface area contributed by atoms with Gasteiger partial charge in [-0.1, -0.05) is 24.6 Å².